The zero-order valence-electron chi connectivity index (χ0n) is 7.57. The number of ether oxygens (including phenoxy) is 1. The van der Waals surface area contributed by atoms with E-state index in [0.29, 0.717) is 19.7 Å². The Kier molecular flexibility index (Phi) is 2.90. The van der Waals surface area contributed by atoms with Gasteiger partial charge in [0.15, 0.2) is 0 Å². The van der Waals surface area contributed by atoms with Crippen molar-refractivity contribution >= 4 is 28.7 Å². The number of cyclic esters (lactones) is 1. The van der Waals surface area contributed by atoms with E-state index in [-0.39, 0.29) is 6.09 Å². The van der Waals surface area contributed by atoms with Gasteiger partial charge >= 0.3 is 6.09 Å². The van der Waals surface area contributed by atoms with Gasteiger partial charge in [-0.3, -0.25) is 0 Å². The second-order valence-corrected chi connectivity index (χ2v) is 4.41. The van der Waals surface area contributed by atoms with Gasteiger partial charge in [0.25, 0.3) is 0 Å². The molecule has 0 saturated carbocycles. The number of hydrogen-bond donors (Lipinski definition) is 0. The van der Waals surface area contributed by atoms with E-state index in [1.165, 1.54) is 3.57 Å². The van der Waals surface area contributed by atoms with Gasteiger partial charge in [-0.15, -0.1) is 0 Å². The van der Waals surface area contributed by atoms with Crippen LogP contribution in [0, 0.1) is 3.57 Å². The maximum atomic E-state index is 11.1. The number of amides is 1. The highest BCUT2D eigenvalue weighted by Crippen LogP contribution is 2.12. The van der Waals surface area contributed by atoms with Crippen LogP contribution in [0.2, 0.25) is 0 Å². The number of carbonyl (C=O) groups is 1. The normalized spacial score (nSPS) is 15.8. The van der Waals surface area contributed by atoms with Crippen molar-refractivity contribution in [2.45, 2.75) is 6.54 Å². The summed E-state index contributed by atoms with van der Waals surface area (Å²) < 4.78 is 6.05. The molecule has 0 radical (unpaired) electrons. The molecule has 0 aromatic heterocycles. The Morgan fingerprint density at radius 2 is 2.07 bits per heavy atom. The Bertz CT molecular complexity index is 336. The summed E-state index contributed by atoms with van der Waals surface area (Å²) in [6.45, 7) is 1.86. The fraction of sp³-hybridized carbons (Fsp3) is 0.300. The Hall–Kier alpha value is -0.780. The highest BCUT2D eigenvalue weighted by Gasteiger charge is 2.21. The molecule has 1 aromatic rings. The minimum atomic E-state index is -0.205. The number of nitrogens with zero attached hydrogens (tertiary/aromatic N) is 1. The third-order valence-electron chi connectivity index (χ3n) is 2.13. The van der Waals surface area contributed by atoms with Crippen molar-refractivity contribution in [3.8, 4) is 0 Å². The Morgan fingerprint density at radius 3 is 2.64 bits per heavy atom. The molecule has 0 atom stereocenters. The molecule has 74 valence electrons. The first kappa shape index (κ1) is 9.76. The Morgan fingerprint density at radius 1 is 1.36 bits per heavy atom. The van der Waals surface area contributed by atoms with E-state index in [1.54, 1.807) is 4.90 Å². The van der Waals surface area contributed by atoms with Crippen LogP contribution in [0.15, 0.2) is 24.3 Å². The smallest absolute Gasteiger partial charge is 0.410 e. The molecule has 1 saturated heterocycles. The van der Waals surface area contributed by atoms with Gasteiger partial charge in [0.05, 0.1) is 6.54 Å². The largest absolute Gasteiger partial charge is 0.448 e. The fourth-order valence-corrected chi connectivity index (χ4v) is 1.74. The lowest BCUT2D eigenvalue weighted by molar-refractivity contribution is 0.157. The van der Waals surface area contributed by atoms with Crippen LogP contribution >= 0.6 is 22.6 Å². The molecule has 14 heavy (non-hydrogen) atoms. The average molecular weight is 303 g/mol. The van der Waals surface area contributed by atoms with Crippen LogP contribution in [-0.2, 0) is 11.3 Å². The predicted octanol–water partition coefficient (Wildman–Crippen LogP) is 2.24. The van der Waals surface area contributed by atoms with Crippen LogP contribution in [0.5, 0.6) is 0 Å². The minimum absolute atomic E-state index is 0.205. The number of rotatable bonds is 2. The highest BCUT2D eigenvalue weighted by molar-refractivity contribution is 14.1. The van der Waals surface area contributed by atoms with Crippen molar-refractivity contribution < 1.29 is 9.53 Å². The van der Waals surface area contributed by atoms with Crippen molar-refractivity contribution in [2.75, 3.05) is 13.2 Å². The minimum Gasteiger partial charge on any atom is -0.448 e. The molecule has 0 unspecified atom stereocenters. The lowest BCUT2D eigenvalue weighted by Crippen LogP contribution is -2.23. The van der Waals surface area contributed by atoms with E-state index in [2.05, 4.69) is 22.6 Å². The van der Waals surface area contributed by atoms with Gasteiger partial charge in [0, 0.05) is 10.1 Å². The third kappa shape index (κ3) is 2.17. The van der Waals surface area contributed by atoms with E-state index in [4.69, 9.17) is 4.74 Å². The summed E-state index contributed by atoms with van der Waals surface area (Å²) in [5, 5.41) is 0. The van der Waals surface area contributed by atoms with Gasteiger partial charge < -0.3 is 9.64 Å². The second kappa shape index (κ2) is 4.16. The van der Waals surface area contributed by atoms with Crippen LogP contribution in [0.3, 0.4) is 0 Å². The van der Waals surface area contributed by atoms with E-state index < -0.39 is 0 Å². The summed E-state index contributed by atoms with van der Waals surface area (Å²) >= 11 is 2.26. The number of benzene rings is 1. The molecule has 1 aromatic carbocycles. The van der Waals surface area contributed by atoms with E-state index in [0.717, 1.165) is 5.56 Å². The lowest BCUT2D eigenvalue weighted by Gasteiger charge is -2.12. The van der Waals surface area contributed by atoms with Gasteiger partial charge in [0.1, 0.15) is 6.61 Å². The average Bonchev–Trinajstić information content (AvgIpc) is 2.56. The van der Waals surface area contributed by atoms with E-state index >= 15 is 0 Å². The van der Waals surface area contributed by atoms with Gasteiger partial charge in [0.2, 0.25) is 0 Å². The topological polar surface area (TPSA) is 29.5 Å². The summed E-state index contributed by atoms with van der Waals surface area (Å²) in [4.78, 5) is 12.9. The second-order valence-electron chi connectivity index (χ2n) is 3.16. The van der Waals surface area contributed by atoms with E-state index in [1.807, 2.05) is 24.3 Å². The fourth-order valence-electron chi connectivity index (χ4n) is 1.38. The van der Waals surface area contributed by atoms with Crippen molar-refractivity contribution in [3.05, 3.63) is 33.4 Å². The first-order valence-corrected chi connectivity index (χ1v) is 5.50. The van der Waals surface area contributed by atoms with Crippen molar-refractivity contribution in [3.63, 3.8) is 0 Å². The maximum Gasteiger partial charge on any atom is 0.410 e. The van der Waals surface area contributed by atoms with Gasteiger partial charge in [-0.2, -0.15) is 0 Å². The standard InChI is InChI=1S/C10H10INO2/c11-9-3-1-8(2-4-9)7-12-5-6-14-10(12)13/h1-4H,5-7H2. The molecule has 4 heteroatoms. The molecule has 1 amide bonds. The van der Waals surface area contributed by atoms with E-state index in [9.17, 15) is 4.79 Å². The monoisotopic (exact) mass is 303 g/mol. The molecular formula is C10H10INO2. The molecule has 0 aliphatic carbocycles. The summed E-state index contributed by atoms with van der Waals surface area (Å²) in [5.74, 6) is 0. The van der Waals surface area contributed by atoms with Crippen molar-refractivity contribution in [1.29, 1.82) is 0 Å². The van der Waals surface area contributed by atoms with Gasteiger partial charge in [-0.1, -0.05) is 12.1 Å². The zero-order valence-corrected chi connectivity index (χ0v) is 9.73. The summed E-state index contributed by atoms with van der Waals surface area (Å²) in [5.41, 5.74) is 1.14. The van der Waals surface area contributed by atoms with Gasteiger partial charge in [-0.05, 0) is 40.3 Å². The SMILES string of the molecule is O=C1OCCN1Cc1ccc(I)cc1. The summed E-state index contributed by atoms with van der Waals surface area (Å²) in [6.07, 6.45) is -0.205. The molecule has 0 bridgehead atoms. The number of halogens is 1. The Labute approximate surface area is 96.2 Å². The van der Waals surface area contributed by atoms with Crippen LogP contribution < -0.4 is 0 Å². The number of hydrogen-bond acceptors (Lipinski definition) is 2. The zero-order chi connectivity index (χ0) is 9.97. The highest BCUT2D eigenvalue weighted by atomic mass is 127. The molecule has 1 heterocycles. The quantitative estimate of drug-likeness (QED) is 0.784. The molecule has 2 rings (SSSR count). The van der Waals surface area contributed by atoms with Gasteiger partial charge in [-0.25, -0.2) is 4.79 Å². The first-order chi connectivity index (χ1) is 6.75. The van der Waals surface area contributed by atoms with Crippen molar-refractivity contribution in [2.24, 2.45) is 0 Å². The lowest BCUT2D eigenvalue weighted by atomic mass is 10.2. The summed E-state index contributed by atoms with van der Waals surface area (Å²) in [6, 6.07) is 8.15. The first-order valence-electron chi connectivity index (χ1n) is 4.42. The number of carbonyl (C=O) groups excluding carboxylic acids is 1. The van der Waals surface area contributed by atoms with Crippen LogP contribution in [-0.4, -0.2) is 24.1 Å². The molecule has 0 spiro atoms. The summed E-state index contributed by atoms with van der Waals surface area (Å²) in [7, 11) is 0. The molecule has 3 nitrogen and oxygen atoms in total. The Balaban J connectivity index is 2.03. The molecular weight excluding hydrogens is 293 g/mol. The predicted molar refractivity (Wildman–Crippen MR) is 60.9 cm³/mol. The molecule has 1 aliphatic rings. The maximum absolute atomic E-state index is 11.1. The molecule has 1 aliphatic heterocycles. The molecule has 0 N–H and O–H groups in total. The van der Waals surface area contributed by atoms with Crippen LogP contribution in [0.25, 0.3) is 0 Å². The third-order valence-corrected chi connectivity index (χ3v) is 2.85. The van der Waals surface area contributed by atoms with Crippen molar-refractivity contribution in [1.82, 2.24) is 4.90 Å². The molecule has 1 fully saturated rings. The van der Waals surface area contributed by atoms with Crippen LogP contribution in [0.1, 0.15) is 5.56 Å². The van der Waals surface area contributed by atoms with Crippen LogP contribution in [0.4, 0.5) is 4.79 Å².